The van der Waals surface area contributed by atoms with Crippen LogP contribution in [0.4, 0.5) is 0 Å². The van der Waals surface area contributed by atoms with Gasteiger partial charge in [-0.05, 0) is 12.5 Å². The quantitative estimate of drug-likeness (QED) is 0.778. The van der Waals surface area contributed by atoms with Gasteiger partial charge < -0.3 is 4.90 Å². The Morgan fingerprint density at radius 1 is 1.15 bits per heavy atom. The number of benzene rings is 1. The van der Waals surface area contributed by atoms with Crippen LogP contribution in [-0.4, -0.2) is 78.0 Å². The third kappa shape index (κ3) is 3.74. The summed E-state index contributed by atoms with van der Waals surface area (Å²) >= 11 is 0. The van der Waals surface area contributed by atoms with E-state index in [4.69, 9.17) is 0 Å². The Morgan fingerprint density at radius 3 is 2.52 bits per heavy atom. The number of H-pyrrole nitrogens is 1. The summed E-state index contributed by atoms with van der Waals surface area (Å²) in [6, 6.07) is 7.21. The van der Waals surface area contributed by atoms with Crippen LogP contribution in [0.5, 0.6) is 0 Å². The molecule has 9 heteroatoms. The summed E-state index contributed by atoms with van der Waals surface area (Å²) in [4.78, 5) is 28.5. The number of piperazine rings is 1. The van der Waals surface area contributed by atoms with Crippen LogP contribution in [0.3, 0.4) is 0 Å². The monoisotopic (exact) mass is 390 g/mol. The van der Waals surface area contributed by atoms with Crippen LogP contribution in [0, 0.1) is 0 Å². The lowest BCUT2D eigenvalue weighted by Crippen LogP contribution is -2.52. The van der Waals surface area contributed by atoms with Crippen molar-refractivity contribution in [1.82, 2.24) is 20.0 Å². The minimum absolute atomic E-state index is 0.0293. The van der Waals surface area contributed by atoms with Gasteiger partial charge in [-0.25, -0.2) is 13.5 Å². The largest absolute Gasteiger partial charge is 0.340 e. The van der Waals surface area contributed by atoms with E-state index in [0.717, 1.165) is 0 Å². The molecule has 2 aliphatic rings. The Hall–Kier alpha value is -2.26. The summed E-state index contributed by atoms with van der Waals surface area (Å²) in [7, 11) is -2.90. The molecule has 0 spiro atoms. The molecule has 2 saturated heterocycles. The Bertz CT molecular complexity index is 1030. The van der Waals surface area contributed by atoms with Crippen molar-refractivity contribution in [2.24, 2.45) is 0 Å². The summed E-state index contributed by atoms with van der Waals surface area (Å²) in [5, 5.41) is 7.76. The van der Waals surface area contributed by atoms with E-state index in [2.05, 4.69) is 15.1 Å². The van der Waals surface area contributed by atoms with E-state index in [1.165, 1.54) is 0 Å². The highest BCUT2D eigenvalue weighted by molar-refractivity contribution is 7.91. The molecule has 144 valence electrons. The van der Waals surface area contributed by atoms with Crippen LogP contribution in [-0.2, 0) is 21.1 Å². The number of sulfone groups is 1. The molecule has 3 heterocycles. The van der Waals surface area contributed by atoms with Crippen molar-refractivity contribution < 1.29 is 13.2 Å². The molecule has 1 N–H and O–H groups in total. The second-order valence-corrected chi connectivity index (χ2v) is 9.42. The van der Waals surface area contributed by atoms with Crippen LogP contribution >= 0.6 is 0 Å². The van der Waals surface area contributed by atoms with Crippen molar-refractivity contribution in [3.05, 3.63) is 40.3 Å². The fourth-order valence-corrected chi connectivity index (χ4v) is 5.72. The number of hydrogen-bond donors (Lipinski definition) is 1. The van der Waals surface area contributed by atoms with Gasteiger partial charge in [0.25, 0.3) is 5.56 Å². The summed E-state index contributed by atoms with van der Waals surface area (Å²) in [5.74, 6) is 0.467. The van der Waals surface area contributed by atoms with Crippen molar-refractivity contribution in [1.29, 1.82) is 0 Å². The highest BCUT2D eigenvalue weighted by Gasteiger charge is 2.34. The normalized spacial score (nSPS) is 23.0. The maximum absolute atomic E-state index is 12.7. The van der Waals surface area contributed by atoms with Gasteiger partial charge in [-0.2, -0.15) is 5.10 Å². The SMILES string of the molecule is O=C(Cc1n[nH]c(=O)c2ccccc12)N1CCN([C@H]2CCS(=O)(=O)C2)CC1. The van der Waals surface area contributed by atoms with Crippen molar-refractivity contribution in [3.63, 3.8) is 0 Å². The van der Waals surface area contributed by atoms with Crippen LogP contribution in [0.15, 0.2) is 29.1 Å². The minimum atomic E-state index is -2.90. The molecule has 1 amide bonds. The summed E-state index contributed by atoms with van der Waals surface area (Å²) in [5.41, 5.74) is 0.307. The molecule has 0 aliphatic carbocycles. The predicted octanol–water partition coefficient (Wildman–Crippen LogP) is -0.203. The van der Waals surface area contributed by atoms with Crippen LogP contribution in [0.2, 0.25) is 0 Å². The van der Waals surface area contributed by atoms with E-state index in [1.54, 1.807) is 23.1 Å². The fourth-order valence-electron chi connectivity index (χ4n) is 3.96. The molecule has 1 atom stereocenters. The first kappa shape index (κ1) is 18.1. The molecular weight excluding hydrogens is 368 g/mol. The number of amides is 1. The second kappa shape index (κ2) is 7.05. The van der Waals surface area contributed by atoms with Gasteiger partial charge in [0.1, 0.15) is 0 Å². The molecule has 0 unspecified atom stereocenters. The summed E-state index contributed by atoms with van der Waals surface area (Å²) in [6.07, 6.45) is 0.818. The average molecular weight is 390 g/mol. The zero-order chi connectivity index (χ0) is 19.0. The van der Waals surface area contributed by atoms with Crippen LogP contribution in [0.25, 0.3) is 10.8 Å². The molecule has 0 radical (unpaired) electrons. The van der Waals surface area contributed by atoms with Gasteiger partial charge in [-0.3, -0.25) is 14.5 Å². The van der Waals surface area contributed by atoms with Gasteiger partial charge in [-0.15, -0.1) is 0 Å². The highest BCUT2D eigenvalue weighted by atomic mass is 32.2. The molecule has 8 nitrogen and oxygen atoms in total. The number of rotatable bonds is 3. The molecule has 2 aromatic rings. The topological polar surface area (TPSA) is 103 Å². The number of aromatic amines is 1. The fraction of sp³-hybridized carbons (Fsp3) is 0.500. The van der Waals surface area contributed by atoms with E-state index >= 15 is 0 Å². The number of nitrogens with one attached hydrogen (secondary N) is 1. The molecule has 2 fully saturated rings. The first-order chi connectivity index (χ1) is 12.9. The zero-order valence-electron chi connectivity index (χ0n) is 14.9. The van der Waals surface area contributed by atoms with E-state index in [0.29, 0.717) is 49.1 Å². The number of fused-ring (bicyclic) bond motifs is 1. The highest BCUT2D eigenvalue weighted by Crippen LogP contribution is 2.20. The van der Waals surface area contributed by atoms with Gasteiger partial charge in [-0.1, -0.05) is 18.2 Å². The number of hydrogen-bond acceptors (Lipinski definition) is 6. The van der Waals surface area contributed by atoms with Gasteiger partial charge in [0.15, 0.2) is 9.84 Å². The van der Waals surface area contributed by atoms with Crippen molar-refractivity contribution in [3.8, 4) is 0 Å². The lowest BCUT2D eigenvalue weighted by atomic mass is 10.1. The predicted molar refractivity (Wildman–Crippen MR) is 101 cm³/mol. The maximum Gasteiger partial charge on any atom is 0.272 e. The number of carbonyl (C=O) groups is 1. The lowest BCUT2D eigenvalue weighted by molar-refractivity contribution is -0.132. The first-order valence-corrected chi connectivity index (χ1v) is 10.9. The smallest absolute Gasteiger partial charge is 0.272 e. The third-order valence-corrected chi connectivity index (χ3v) is 7.24. The Balaban J connectivity index is 1.41. The van der Waals surface area contributed by atoms with Crippen molar-refractivity contribution >= 4 is 26.5 Å². The zero-order valence-corrected chi connectivity index (χ0v) is 15.7. The number of nitrogens with zero attached hydrogens (tertiary/aromatic N) is 3. The minimum Gasteiger partial charge on any atom is -0.340 e. The van der Waals surface area contributed by atoms with E-state index in [9.17, 15) is 18.0 Å². The van der Waals surface area contributed by atoms with Gasteiger partial charge in [0.2, 0.25) is 5.91 Å². The molecule has 1 aromatic carbocycles. The maximum atomic E-state index is 12.7. The van der Waals surface area contributed by atoms with Gasteiger partial charge in [0.05, 0.1) is 29.0 Å². The lowest BCUT2D eigenvalue weighted by Gasteiger charge is -2.37. The summed E-state index contributed by atoms with van der Waals surface area (Å²) in [6.45, 7) is 2.53. The molecule has 2 aliphatic heterocycles. The average Bonchev–Trinajstić information content (AvgIpc) is 3.04. The van der Waals surface area contributed by atoms with Gasteiger partial charge >= 0.3 is 0 Å². The molecule has 27 heavy (non-hydrogen) atoms. The van der Waals surface area contributed by atoms with Crippen molar-refractivity contribution in [2.45, 2.75) is 18.9 Å². The van der Waals surface area contributed by atoms with Crippen LogP contribution in [0.1, 0.15) is 12.1 Å². The second-order valence-electron chi connectivity index (χ2n) is 7.20. The molecule has 4 rings (SSSR count). The standard InChI is InChI=1S/C18H22N4O4S/c23-17(11-16-14-3-1-2-4-15(14)18(24)20-19-16)22-8-6-21(7-9-22)13-5-10-27(25,26)12-13/h1-4,13H,5-12H2,(H,20,24)/t13-/m0/s1. The number of aromatic nitrogens is 2. The van der Waals surface area contributed by atoms with E-state index < -0.39 is 9.84 Å². The van der Waals surface area contributed by atoms with E-state index in [-0.39, 0.29) is 35.4 Å². The molecule has 1 aromatic heterocycles. The third-order valence-electron chi connectivity index (χ3n) is 5.49. The van der Waals surface area contributed by atoms with Gasteiger partial charge in [0, 0.05) is 37.6 Å². The van der Waals surface area contributed by atoms with Crippen molar-refractivity contribution in [2.75, 3.05) is 37.7 Å². The Kier molecular flexibility index (Phi) is 4.73. The molecule has 0 bridgehead atoms. The molecular formula is C18H22N4O4S. The number of carbonyl (C=O) groups excluding carboxylic acids is 1. The molecule has 0 saturated carbocycles. The summed E-state index contributed by atoms with van der Waals surface area (Å²) < 4.78 is 23.3. The Morgan fingerprint density at radius 2 is 1.85 bits per heavy atom. The van der Waals surface area contributed by atoms with Crippen LogP contribution < -0.4 is 5.56 Å². The van der Waals surface area contributed by atoms with E-state index in [1.807, 2.05) is 6.07 Å². The first-order valence-electron chi connectivity index (χ1n) is 9.11. The Labute approximate surface area is 157 Å².